The van der Waals surface area contributed by atoms with Crippen LogP contribution in [0.2, 0.25) is 0 Å². The van der Waals surface area contributed by atoms with Crippen molar-refractivity contribution in [3.63, 3.8) is 0 Å². The van der Waals surface area contributed by atoms with Gasteiger partial charge in [0.1, 0.15) is 16.7 Å². The van der Waals surface area contributed by atoms with Gasteiger partial charge in [-0.3, -0.25) is 4.98 Å². The Balaban J connectivity index is 2.70. The highest BCUT2D eigenvalue weighted by molar-refractivity contribution is 7.85. The fourth-order valence-electron chi connectivity index (χ4n) is 1.32. The van der Waals surface area contributed by atoms with Gasteiger partial charge in [-0.2, -0.15) is 17.6 Å². The molecule has 0 saturated heterocycles. The Kier molecular flexibility index (Phi) is 6.10. The molecule has 0 radical (unpaired) electrons. The largest absolute Gasteiger partial charge is 0.491 e. The fraction of sp³-hybridized carbons (Fsp3) is 0.571. The van der Waals surface area contributed by atoms with Gasteiger partial charge in [-0.25, -0.2) is 4.21 Å². The molecule has 22 heavy (non-hydrogen) atoms. The summed E-state index contributed by atoms with van der Waals surface area (Å²) >= 11 is 0. The molecule has 0 amide bonds. The third-order valence-electron chi connectivity index (χ3n) is 2.53. The Morgan fingerprint density at radius 3 is 2.50 bits per heavy atom. The summed E-state index contributed by atoms with van der Waals surface area (Å²) < 4.78 is 56.5. The van der Waals surface area contributed by atoms with E-state index in [4.69, 9.17) is 4.74 Å². The van der Waals surface area contributed by atoms with Crippen LogP contribution in [0.4, 0.5) is 13.2 Å². The van der Waals surface area contributed by atoms with Gasteiger partial charge in [-0.15, -0.1) is 0 Å². The van der Waals surface area contributed by atoms with E-state index in [1.165, 1.54) is 12.4 Å². The SMILES string of the molecule is Cc1cc(C=N[S@@](=O)C(C)(C)C)ncc1OCCC(F)(F)F. The van der Waals surface area contributed by atoms with Crippen LogP contribution in [-0.4, -0.2) is 32.9 Å². The number of pyridine rings is 1. The van der Waals surface area contributed by atoms with Gasteiger partial charge in [0.25, 0.3) is 0 Å². The third-order valence-corrected chi connectivity index (χ3v) is 3.88. The highest BCUT2D eigenvalue weighted by atomic mass is 32.2. The van der Waals surface area contributed by atoms with E-state index in [9.17, 15) is 17.4 Å². The first-order valence-electron chi connectivity index (χ1n) is 6.61. The van der Waals surface area contributed by atoms with Gasteiger partial charge in [0.15, 0.2) is 0 Å². The van der Waals surface area contributed by atoms with Crippen LogP contribution in [-0.2, 0) is 11.0 Å². The molecule has 0 spiro atoms. The van der Waals surface area contributed by atoms with Gasteiger partial charge >= 0.3 is 6.18 Å². The number of hydrogen-bond donors (Lipinski definition) is 0. The first-order valence-corrected chi connectivity index (χ1v) is 7.72. The molecule has 0 saturated carbocycles. The van der Waals surface area contributed by atoms with Crippen molar-refractivity contribution < 1.29 is 22.1 Å². The van der Waals surface area contributed by atoms with Crippen molar-refractivity contribution in [1.29, 1.82) is 0 Å². The summed E-state index contributed by atoms with van der Waals surface area (Å²) in [6, 6.07) is 1.62. The van der Waals surface area contributed by atoms with E-state index in [0.717, 1.165) is 0 Å². The van der Waals surface area contributed by atoms with Crippen molar-refractivity contribution in [2.75, 3.05) is 6.61 Å². The molecule has 0 unspecified atom stereocenters. The minimum Gasteiger partial charge on any atom is -0.491 e. The van der Waals surface area contributed by atoms with Crippen LogP contribution in [0.1, 0.15) is 38.4 Å². The summed E-state index contributed by atoms with van der Waals surface area (Å²) in [4.78, 5) is 4.02. The Labute approximate surface area is 130 Å². The van der Waals surface area contributed by atoms with Crippen molar-refractivity contribution in [3.8, 4) is 5.75 Å². The normalized spacial score (nSPS) is 14.3. The zero-order chi connectivity index (χ0) is 17.0. The smallest absolute Gasteiger partial charge is 0.392 e. The number of ether oxygens (including phenoxy) is 1. The molecular weight excluding hydrogens is 317 g/mol. The molecule has 0 N–H and O–H groups in total. The van der Waals surface area contributed by atoms with E-state index in [2.05, 4.69) is 9.38 Å². The molecular formula is C14H19F3N2O2S. The highest BCUT2D eigenvalue weighted by Gasteiger charge is 2.27. The van der Waals surface area contributed by atoms with Crippen LogP contribution < -0.4 is 4.74 Å². The standard InChI is InChI=1S/C14H19F3N2O2S/c1-10-7-11(8-19-22(20)13(2,3)4)18-9-12(10)21-6-5-14(15,16)17/h7-9H,5-6H2,1-4H3/t22-/m0/s1. The van der Waals surface area contributed by atoms with E-state index in [1.807, 2.05) is 0 Å². The zero-order valence-electron chi connectivity index (χ0n) is 12.9. The summed E-state index contributed by atoms with van der Waals surface area (Å²) in [5.74, 6) is 0.290. The maximum absolute atomic E-state index is 12.1. The summed E-state index contributed by atoms with van der Waals surface area (Å²) in [7, 11) is -1.39. The molecule has 1 aromatic rings. The number of halogens is 3. The van der Waals surface area contributed by atoms with Gasteiger partial charge in [-0.05, 0) is 39.3 Å². The molecule has 0 fully saturated rings. The number of hydrogen-bond acceptors (Lipinski definition) is 3. The molecule has 0 aromatic carbocycles. The first kappa shape index (κ1) is 18.6. The molecule has 1 rings (SSSR count). The predicted molar refractivity (Wildman–Crippen MR) is 80.6 cm³/mol. The van der Waals surface area contributed by atoms with Crippen LogP contribution >= 0.6 is 0 Å². The Hall–Kier alpha value is -1.44. The number of aromatic nitrogens is 1. The summed E-state index contributed by atoms with van der Waals surface area (Å²) in [6.45, 7) is 6.65. The van der Waals surface area contributed by atoms with Crippen LogP contribution in [0.5, 0.6) is 5.75 Å². The Morgan fingerprint density at radius 2 is 2.00 bits per heavy atom. The van der Waals surface area contributed by atoms with E-state index in [1.54, 1.807) is 33.8 Å². The van der Waals surface area contributed by atoms with Crippen molar-refractivity contribution in [2.45, 2.75) is 45.0 Å². The van der Waals surface area contributed by atoms with E-state index >= 15 is 0 Å². The number of rotatable bonds is 5. The fourth-order valence-corrected chi connectivity index (χ4v) is 1.84. The molecule has 124 valence electrons. The van der Waals surface area contributed by atoms with E-state index in [-0.39, 0.29) is 0 Å². The topological polar surface area (TPSA) is 51.5 Å². The summed E-state index contributed by atoms with van der Waals surface area (Å²) in [5, 5.41) is 0. The lowest BCUT2D eigenvalue weighted by atomic mass is 10.2. The predicted octanol–water partition coefficient (Wildman–Crippen LogP) is 3.60. The summed E-state index contributed by atoms with van der Waals surface area (Å²) in [6.07, 6.45) is -2.54. The maximum atomic E-state index is 12.1. The average Bonchev–Trinajstić information content (AvgIpc) is 2.35. The first-order chi connectivity index (χ1) is 9.99. The number of alkyl halides is 3. The van der Waals surface area contributed by atoms with Crippen LogP contribution in [0.25, 0.3) is 0 Å². The Morgan fingerprint density at radius 1 is 1.36 bits per heavy atom. The molecule has 0 aliphatic rings. The van der Waals surface area contributed by atoms with Crippen molar-refractivity contribution in [1.82, 2.24) is 4.98 Å². The number of nitrogens with zero attached hydrogens (tertiary/aromatic N) is 2. The molecule has 1 heterocycles. The van der Waals surface area contributed by atoms with Crippen LogP contribution in [0.15, 0.2) is 16.7 Å². The van der Waals surface area contributed by atoms with Gasteiger partial charge in [0.05, 0.1) is 35.9 Å². The number of aryl methyl sites for hydroxylation is 1. The Bertz CT molecular complexity index is 566. The monoisotopic (exact) mass is 336 g/mol. The molecule has 1 atom stereocenters. The quantitative estimate of drug-likeness (QED) is 0.772. The molecule has 0 aliphatic carbocycles. The highest BCUT2D eigenvalue weighted by Crippen LogP contribution is 2.22. The minimum absolute atomic E-state index is 0.290. The third kappa shape index (κ3) is 6.55. The average molecular weight is 336 g/mol. The van der Waals surface area contributed by atoms with Crippen molar-refractivity contribution >= 4 is 17.2 Å². The van der Waals surface area contributed by atoms with Gasteiger partial charge in [-0.1, -0.05) is 0 Å². The molecule has 4 nitrogen and oxygen atoms in total. The second kappa shape index (κ2) is 7.21. The lowest BCUT2D eigenvalue weighted by Gasteiger charge is -2.13. The molecule has 0 aliphatic heterocycles. The maximum Gasteiger partial charge on any atom is 0.392 e. The van der Waals surface area contributed by atoms with Gasteiger partial charge in [0, 0.05) is 0 Å². The zero-order valence-corrected chi connectivity index (χ0v) is 13.7. The van der Waals surface area contributed by atoms with E-state index < -0.39 is 34.9 Å². The van der Waals surface area contributed by atoms with Crippen LogP contribution in [0.3, 0.4) is 0 Å². The minimum atomic E-state index is -4.25. The van der Waals surface area contributed by atoms with Crippen molar-refractivity contribution in [2.24, 2.45) is 4.40 Å². The second-order valence-corrected chi connectivity index (χ2v) is 7.62. The summed E-state index contributed by atoms with van der Waals surface area (Å²) in [5.41, 5.74) is 1.11. The molecule has 1 aromatic heterocycles. The van der Waals surface area contributed by atoms with E-state index in [0.29, 0.717) is 17.0 Å². The lowest BCUT2D eigenvalue weighted by Crippen LogP contribution is -2.19. The van der Waals surface area contributed by atoms with Crippen molar-refractivity contribution in [3.05, 3.63) is 23.5 Å². The van der Waals surface area contributed by atoms with Gasteiger partial charge in [0.2, 0.25) is 0 Å². The lowest BCUT2D eigenvalue weighted by molar-refractivity contribution is -0.139. The molecule has 0 bridgehead atoms. The molecule has 8 heteroatoms. The van der Waals surface area contributed by atoms with Gasteiger partial charge < -0.3 is 4.74 Å². The van der Waals surface area contributed by atoms with Crippen LogP contribution in [0, 0.1) is 6.92 Å². The second-order valence-electron chi connectivity index (χ2n) is 5.68.